The third-order valence-corrected chi connectivity index (χ3v) is 2.98. The van der Waals surface area contributed by atoms with E-state index in [4.69, 9.17) is 14.9 Å². The lowest BCUT2D eigenvalue weighted by Crippen LogP contribution is -2.22. The van der Waals surface area contributed by atoms with Crippen molar-refractivity contribution in [1.82, 2.24) is 4.57 Å². The molecule has 1 aromatic carbocycles. The number of aliphatic hydroxyl groups excluding tert-OH is 1. The van der Waals surface area contributed by atoms with Crippen molar-refractivity contribution < 1.29 is 19.7 Å². The number of aromatic carboxylic acids is 1. The molecule has 6 nitrogen and oxygen atoms in total. The largest absolute Gasteiger partial charge is 0.489 e. The molecule has 1 aromatic heterocycles. The van der Waals surface area contributed by atoms with Crippen LogP contribution in [0.3, 0.4) is 0 Å². The second-order valence-corrected chi connectivity index (χ2v) is 4.93. The van der Waals surface area contributed by atoms with Crippen LogP contribution >= 0.6 is 0 Å². The molecule has 0 aliphatic rings. The zero-order valence-corrected chi connectivity index (χ0v) is 11.9. The van der Waals surface area contributed by atoms with Crippen molar-refractivity contribution in [3.05, 3.63) is 40.2 Å². The minimum Gasteiger partial charge on any atom is -0.489 e. The lowest BCUT2D eigenvalue weighted by atomic mass is 10.1. The van der Waals surface area contributed by atoms with Crippen molar-refractivity contribution in [3.8, 4) is 5.75 Å². The predicted molar refractivity (Wildman–Crippen MR) is 78.0 cm³/mol. The van der Waals surface area contributed by atoms with Crippen LogP contribution in [0.15, 0.2) is 29.1 Å². The van der Waals surface area contributed by atoms with Crippen LogP contribution in [0.5, 0.6) is 5.75 Å². The summed E-state index contributed by atoms with van der Waals surface area (Å²) >= 11 is 0. The molecule has 2 aromatic rings. The molecule has 112 valence electrons. The third kappa shape index (κ3) is 3.05. The van der Waals surface area contributed by atoms with Gasteiger partial charge >= 0.3 is 5.97 Å². The molecule has 0 spiro atoms. The highest BCUT2D eigenvalue weighted by Gasteiger charge is 2.15. The number of nitrogens with zero attached hydrogens (tertiary/aromatic N) is 1. The summed E-state index contributed by atoms with van der Waals surface area (Å²) < 4.78 is 7.04. The number of aromatic nitrogens is 1. The van der Waals surface area contributed by atoms with Gasteiger partial charge in [-0.1, -0.05) is 0 Å². The molecular weight excluding hydrogens is 274 g/mol. The fourth-order valence-corrected chi connectivity index (χ4v) is 2.20. The summed E-state index contributed by atoms with van der Waals surface area (Å²) in [5, 5.41) is 18.9. The van der Waals surface area contributed by atoms with Gasteiger partial charge in [-0.2, -0.15) is 0 Å². The van der Waals surface area contributed by atoms with Gasteiger partial charge in [0, 0.05) is 18.0 Å². The fraction of sp³-hybridized carbons (Fsp3) is 0.333. The zero-order chi connectivity index (χ0) is 15.6. The van der Waals surface area contributed by atoms with Gasteiger partial charge < -0.3 is 19.5 Å². The Kier molecular flexibility index (Phi) is 4.28. The van der Waals surface area contributed by atoms with Crippen molar-refractivity contribution in [2.45, 2.75) is 26.5 Å². The maximum Gasteiger partial charge on any atom is 0.335 e. The fourth-order valence-electron chi connectivity index (χ4n) is 2.20. The van der Waals surface area contributed by atoms with Crippen LogP contribution in [0, 0.1) is 0 Å². The molecule has 0 aliphatic carbocycles. The first-order valence-corrected chi connectivity index (χ1v) is 6.62. The summed E-state index contributed by atoms with van der Waals surface area (Å²) in [7, 11) is 0. The second kappa shape index (κ2) is 5.97. The van der Waals surface area contributed by atoms with E-state index in [2.05, 4.69) is 0 Å². The van der Waals surface area contributed by atoms with Crippen LogP contribution in [-0.2, 0) is 6.54 Å². The number of ether oxygens (including phenoxy) is 1. The van der Waals surface area contributed by atoms with E-state index in [1.54, 1.807) is 6.07 Å². The van der Waals surface area contributed by atoms with Crippen molar-refractivity contribution in [3.63, 3.8) is 0 Å². The van der Waals surface area contributed by atoms with Crippen LogP contribution in [0.1, 0.15) is 24.2 Å². The van der Waals surface area contributed by atoms with E-state index in [9.17, 15) is 9.59 Å². The average molecular weight is 291 g/mol. The van der Waals surface area contributed by atoms with Gasteiger partial charge in [-0.25, -0.2) is 4.79 Å². The molecule has 1 heterocycles. The lowest BCUT2D eigenvalue weighted by molar-refractivity contribution is 0.0696. The lowest BCUT2D eigenvalue weighted by Gasteiger charge is -2.17. The number of pyridine rings is 1. The smallest absolute Gasteiger partial charge is 0.335 e. The number of benzene rings is 1. The molecule has 0 saturated heterocycles. The Labute approximate surface area is 121 Å². The molecule has 0 amide bonds. The molecule has 2 rings (SSSR count). The molecule has 6 heteroatoms. The van der Waals surface area contributed by atoms with E-state index in [0.29, 0.717) is 16.7 Å². The molecule has 2 N–H and O–H groups in total. The van der Waals surface area contributed by atoms with E-state index in [1.165, 1.54) is 22.8 Å². The van der Waals surface area contributed by atoms with E-state index in [1.807, 2.05) is 13.8 Å². The third-order valence-electron chi connectivity index (χ3n) is 2.98. The Balaban J connectivity index is 2.81. The number of carboxylic acids is 1. The maximum atomic E-state index is 12.0. The Bertz CT molecular complexity index is 733. The Morgan fingerprint density at radius 3 is 2.62 bits per heavy atom. The van der Waals surface area contributed by atoms with Gasteiger partial charge in [0.25, 0.3) is 5.56 Å². The van der Waals surface area contributed by atoms with E-state index >= 15 is 0 Å². The van der Waals surface area contributed by atoms with Gasteiger partial charge in [0.15, 0.2) is 0 Å². The number of hydrogen-bond acceptors (Lipinski definition) is 4. The van der Waals surface area contributed by atoms with Crippen molar-refractivity contribution in [2.24, 2.45) is 0 Å². The van der Waals surface area contributed by atoms with Gasteiger partial charge in [-0.05, 0) is 32.0 Å². The number of rotatable bonds is 5. The average Bonchev–Trinajstić information content (AvgIpc) is 2.41. The first kappa shape index (κ1) is 15.1. The van der Waals surface area contributed by atoms with Crippen LogP contribution in [0.2, 0.25) is 0 Å². The van der Waals surface area contributed by atoms with Gasteiger partial charge in [0.2, 0.25) is 0 Å². The number of fused-ring (bicyclic) bond motifs is 1. The molecule has 0 unspecified atom stereocenters. The number of carboxylic acid groups (broad SMARTS) is 1. The van der Waals surface area contributed by atoms with E-state index < -0.39 is 5.97 Å². The first-order chi connectivity index (χ1) is 9.93. The van der Waals surface area contributed by atoms with Crippen LogP contribution in [0.25, 0.3) is 10.9 Å². The first-order valence-electron chi connectivity index (χ1n) is 6.62. The monoisotopic (exact) mass is 291 g/mol. The predicted octanol–water partition coefficient (Wildman–Crippen LogP) is 1.48. The molecule has 0 fully saturated rings. The summed E-state index contributed by atoms with van der Waals surface area (Å²) in [5.41, 5.74) is 0.316. The molecule has 0 radical (unpaired) electrons. The van der Waals surface area contributed by atoms with Crippen LogP contribution < -0.4 is 10.3 Å². The molecule has 0 saturated carbocycles. The normalized spacial score (nSPS) is 11.0. The highest BCUT2D eigenvalue weighted by molar-refractivity contribution is 5.96. The summed E-state index contributed by atoms with van der Waals surface area (Å²) in [5.74, 6) is -0.739. The van der Waals surface area contributed by atoms with E-state index in [0.717, 1.165) is 0 Å². The Morgan fingerprint density at radius 2 is 2.05 bits per heavy atom. The molecular formula is C15H17NO5. The second-order valence-electron chi connectivity index (χ2n) is 4.93. The van der Waals surface area contributed by atoms with Crippen molar-refractivity contribution in [2.75, 3.05) is 6.61 Å². The summed E-state index contributed by atoms with van der Waals surface area (Å²) in [6, 6.07) is 5.80. The van der Waals surface area contributed by atoms with Crippen LogP contribution in [-0.4, -0.2) is 33.5 Å². The Hall–Kier alpha value is -2.34. The minimum atomic E-state index is -1.06. The van der Waals surface area contributed by atoms with Crippen molar-refractivity contribution >= 4 is 16.9 Å². The van der Waals surface area contributed by atoms with Gasteiger partial charge in [-0.15, -0.1) is 0 Å². The maximum absolute atomic E-state index is 12.0. The standard InChI is InChI=1S/C15H17NO5/c1-9(2)21-12-8-11(15(19)20)7-10-3-4-13(18)16(5-6-17)14(10)12/h3-4,7-9,17H,5-6H2,1-2H3,(H,19,20). The topological polar surface area (TPSA) is 88.8 Å². The molecule has 21 heavy (non-hydrogen) atoms. The number of aliphatic hydroxyl groups is 1. The summed E-state index contributed by atoms with van der Waals surface area (Å²) in [4.78, 5) is 23.2. The minimum absolute atomic E-state index is 0.0901. The Morgan fingerprint density at radius 1 is 1.33 bits per heavy atom. The van der Waals surface area contributed by atoms with Gasteiger partial charge in [0.1, 0.15) is 5.75 Å². The van der Waals surface area contributed by atoms with E-state index in [-0.39, 0.29) is 30.4 Å². The molecule has 0 atom stereocenters. The quantitative estimate of drug-likeness (QED) is 0.871. The summed E-state index contributed by atoms with van der Waals surface area (Å²) in [6.45, 7) is 3.56. The zero-order valence-electron chi connectivity index (χ0n) is 11.9. The van der Waals surface area contributed by atoms with Gasteiger partial charge in [-0.3, -0.25) is 4.79 Å². The summed E-state index contributed by atoms with van der Waals surface area (Å²) in [6.07, 6.45) is -0.171. The number of carbonyl (C=O) groups is 1. The van der Waals surface area contributed by atoms with Crippen molar-refractivity contribution in [1.29, 1.82) is 0 Å². The molecule has 0 aliphatic heterocycles. The highest BCUT2D eigenvalue weighted by Crippen LogP contribution is 2.27. The highest BCUT2D eigenvalue weighted by atomic mass is 16.5. The van der Waals surface area contributed by atoms with Gasteiger partial charge in [0.05, 0.1) is 23.8 Å². The van der Waals surface area contributed by atoms with Crippen LogP contribution in [0.4, 0.5) is 0 Å². The SMILES string of the molecule is CC(C)Oc1cc(C(=O)O)cc2ccc(=O)n(CCO)c12. The number of hydrogen-bond donors (Lipinski definition) is 2. The molecule has 0 bridgehead atoms.